The average Bonchev–Trinajstić information content (AvgIpc) is 3.03. The maximum absolute atomic E-state index is 4.15. The van der Waals surface area contributed by atoms with Crippen LogP contribution in [0.15, 0.2) is 205 Å². The van der Waals surface area contributed by atoms with Gasteiger partial charge in [-0.2, -0.15) is 0 Å². The fraction of sp³-hybridized carbons (Fsp3) is 0.122. The van der Waals surface area contributed by atoms with Gasteiger partial charge in [-0.15, -0.1) is 0 Å². The van der Waals surface area contributed by atoms with Gasteiger partial charge in [0.2, 0.25) is 0 Å². The van der Waals surface area contributed by atoms with Gasteiger partial charge in [-0.1, -0.05) is 111 Å². The molecule has 0 saturated carbocycles. The third-order valence-electron chi connectivity index (χ3n) is 6.54. The molecule has 2 aromatic carbocycles. The fourth-order valence-corrected chi connectivity index (χ4v) is 4.40. The Morgan fingerprint density at radius 1 is 0.581 bits per heavy atom. The predicted molar refractivity (Wildman–Crippen MR) is 193 cm³/mol. The second kappa shape index (κ2) is 19.1. The Labute approximate surface area is 260 Å². The standard InChI is InChI=1S/C41H46N2/c1-9-15-18-25-37(13-5)43(41-28-21-17-22-29-41)38(14-6)33-30-34(7)36(12-4)32-31-35(8)42(39(23-10-2)24-11-3)40-26-19-16-20-27-40/h9-33H,2,4,6H2,1,3,5,7-8H3/b15-9+,24-11-,25-18-,34-30+,35-31+,36-32+,37-13+,38-33+,39-23+. The highest BCUT2D eigenvalue weighted by molar-refractivity contribution is 5.64. The Hall–Kier alpha value is -5.08. The van der Waals surface area contributed by atoms with E-state index >= 15 is 0 Å². The van der Waals surface area contributed by atoms with Crippen LogP contribution < -0.4 is 9.80 Å². The molecule has 0 fully saturated rings. The van der Waals surface area contributed by atoms with E-state index in [1.165, 1.54) is 0 Å². The van der Waals surface area contributed by atoms with Crippen LogP contribution in [0.3, 0.4) is 0 Å². The molecule has 0 saturated heterocycles. The van der Waals surface area contributed by atoms with Gasteiger partial charge in [0.15, 0.2) is 0 Å². The molecule has 43 heavy (non-hydrogen) atoms. The summed E-state index contributed by atoms with van der Waals surface area (Å²) >= 11 is 0. The molecule has 220 valence electrons. The molecule has 0 amide bonds. The van der Waals surface area contributed by atoms with Crippen molar-refractivity contribution in [3.8, 4) is 0 Å². The number of anilines is 2. The van der Waals surface area contributed by atoms with E-state index in [9.17, 15) is 0 Å². The van der Waals surface area contributed by atoms with Gasteiger partial charge in [0, 0.05) is 34.2 Å². The average molecular weight is 567 g/mol. The lowest BCUT2D eigenvalue weighted by Gasteiger charge is -2.27. The number of allylic oxidation sites excluding steroid dienone is 18. The normalized spacial score (nSPS) is 14.1. The van der Waals surface area contributed by atoms with Crippen LogP contribution in [0.4, 0.5) is 11.4 Å². The maximum Gasteiger partial charge on any atom is 0.0461 e. The molecular formula is C41H46N2. The van der Waals surface area contributed by atoms with Gasteiger partial charge in [0.1, 0.15) is 0 Å². The first-order valence-corrected chi connectivity index (χ1v) is 14.6. The van der Waals surface area contributed by atoms with E-state index in [1.54, 1.807) is 0 Å². The summed E-state index contributed by atoms with van der Waals surface area (Å²) in [6.07, 6.45) is 30.5. The Kier molecular flexibility index (Phi) is 15.2. The summed E-state index contributed by atoms with van der Waals surface area (Å²) in [5, 5.41) is 0. The first-order chi connectivity index (χ1) is 20.9. The summed E-state index contributed by atoms with van der Waals surface area (Å²) in [5.74, 6) is 0. The minimum absolute atomic E-state index is 0.958. The van der Waals surface area contributed by atoms with Crippen LogP contribution in [0.5, 0.6) is 0 Å². The lowest BCUT2D eigenvalue weighted by atomic mass is 10.1. The van der Waals surface area contributed by atoms with Gasteiger partial charge in [0.25, 0.3) is 0 Å². The van der Waals surface area contributed by atoms with E-state index in [2.05, 4.69) is 110 Å². The second-order valence-electron chi connectivity index (χ2n) is 9.55. The molecule has 0 N–H and O–H groups in total. The smallest absolute Gasteiger partial charge is 0.0461 e. The van der Waals surface area contributed by atoms with Crippen molar-refractivity contribution in [2.24, 2.45) is 0 Å². The number of nitrogens with zero attached hydrogens (tertiary/aromatic N) is 2. The van der Waals surface area contributed by atoms with Crippen LogP contribution in [0.1, 0.15) is 34.6 Å². The molecular weight excluding hydrogens is 520 g/mol. The van der Waals surface area contributed by atoms with Crippen LogP contribution in [0, 0.1) is 0 Å². The van der Waals surface area contributed by atoms with Gasteiger partial charge < -0.3 is 9.80 Å². The molecule has 0 unspecified atom stereocenters. The predicted octanol–water partition coefficient (Wildman–Crippen LogP) is 11.7. The molecule has 2 rings (SSSR count). The van der Waals surface area contributed by atoms with Gasteiger partial charge in [0.05, 0.1) is 0 Å². The molecule has 2 aromatic rings. The first kappa shape index (κ1) is 34.1. The SMILES string of the molecule is C=C/C=C(\C=C/C)N(/C(C)=C/C=C(C=C)/C(C)=C/C=C(\C=C)N(C(/C=C\C=C\C)=C/C)c1ccccc1)c1ccccc1. The Balaban J connectivity index is 2.57. The molecule has 0 spiro atoms. The van der Waals surface area contributed by atoms with Crippen molar-refractivity contribution in [1.82, 2.24) is 0 Å². The van der Waals surface area contributed by atoms with Gasteiger partial charge >= 0.3 is 0 Å². The van der Waals surface area contributed by atoms with Crippen LogP contribution in [0.25, 0.3) is 0 Å². The monoisotopic (exact) mass is 566 g/mol. The third kappa shape index (κ3) is 10.4. The van der Waals surface area contributed by atoms with Gasteiger partial charge in [-0.25, -0.2) is 0 Å². The molecule has 0 aromatic heterocycles. The van der Waals surface area contributed by atoms with Gasteiger partial charge in [-0.05, 0) is 106 Å². The highest BCUT2D eigenvalue weighted by Gasteiger charge is 2.13. The summed E-state index contributed by atoms with van der Waals surface area (Å²) in [6.45, 7) is 22.5. The van der Waals surface area contributed by atoms with Crippen LogP contribution in [-0.4, -0.2) is 0 Å². The van der Waals surface area contributed by atoms with E-state index in [4.69, 9.17) is 0 Å². The summed E-state index contributed by atoms with van der Waals surface area (Å²) in [5.41, 5.74) is 8.34. The zero-order valence-corrected chi connectivity index (χ0v) is 26.4. The van der Waals surface area contributed by atoms with E-state index < -0.39 is 0 Å². The van der Waals surface area contributed by atoms with Crippen molar-refractivity contribution in [2.45, 2.75) is 34.6 Å². The molecule has 2 heteroatoms. The van der Waals surface area contributed by atoms with E-state index in [1.807, 2.05) is 106 Å². The summed E-state index contributed by atoms with van der Waals surface area (Å²) in [6, 6.07) is 20.7. The Morgan fingerprint density at radius 3 is 1.72 bits per heavy atom. The van der Waals surface area contributed by atoms with Crippen molar-refractivity contribution < 1.29 is 0 Å². The number of benzene rings is 2. The van der Waals surface area contributed by atoms with E-state index in [0.29, 0.717) is 0 Å². The Morgan fingerprint density at radius 2 is 1.21 bits per heavy atom. The second-order valence-corrected chi connectivity index (χ2v) is 9.55. The lowest BCUT2D eigenvalue weighted by Crippen LogP contribution is -2.19. The van der Waals surface area contributed by atoms with Crippen LogP contribution >= 0.6 is 0 Å². The minimum atomic E-state index is 0.958. The van der Waals surface area contributed by atoms with E-state index in [0.717, 1.165) is 45.3 Å². The fourth-order valence-electron chi connectivity index (χ4n) is 4.40. The zero-order valence-electron chi connectivity index (χ0n) is 26.4. The van der Waals surface area contributed by atoms with Crippen molar-refractivity contribution >= 4 is 11.4 Å². The lowest BCUT2D eigenvalue weighted by molar-refractivity contribution is 1.10. The molecule has 0 bridgehead atoms. The topological polar surface area (TPSA) is 6.48 Å². The van der Waals surface area contributed by atoms with Crippen molar-refractivity contribution in [3.05, 3.63) is 205 Å². The Bertz CT molecular complexity index is 1480. The molecule has 0 aliphatic carbocycles. The van der Waals surface area contributed by atoms with Crippen molar-refractivity contribution in [2.75, 3.05) is 9.80 Å². The molecule has 2 nitrogen and oxygen atoms in total. The van der Waals surface area contributed by atoms with Gasteiger partial charge in [-0.3, -0.25) is 0 Å². The summed E-state index contributed by atoms with van der Waals surface area (Å²) in [4.78, 5) is 4.41. The quantitative estimate of drug-likeness (QED) is 0.198. The molecule has 0 heterocycles. The van der Waals surface area contributed by atoms with Crippen LogP contribution in [0.2, 0.25) is 0 Å². The highest BCUT2D eigenvalue weighted by atomic mass is 15.2. The zero-order chi connectivity index (χ0) is 31.5. The molecule has 0 atom stereocenters. The van der Waals surface area contributed by atoms with E-state index in [-0.39, 0.29) is 0 Å². The minimum Gasteiger partial charge on any atom is -0.315 e. The number of rotatable bonds is 15. The number of hydrogen-bond acceptors (Lipinski definition) is 2. The maximum atomic E-state index is 4.15. The molecule has 0 radical (unpaired) electrons. The number of hydrogen-bond donors (Lipinski definition) is 0. The summed E-state index contributed by atoms with van der Waals surface area (Å²) < 4.78 is 0. The third-order valence-corrected chi connectivity index (χ3v) is 6.54. The largest absolute Gasteiger partial charge is 0.315 e. The number of para-hydroxylation sites is 2. The van der Waals surface area contributed by atoms with Crippen molar-refractivity contribution in [3.63, 3.8) is 0 Å². The summed E-state index contributed by atoms with van der Waals surface area (Å²) in [7, 11) is 0. The van der Waals surface area contributed by atoms with Crippen molar-refractivity contribution in [1.29, 1.82) is 0 Å². The highest BCUT2D eigenvalue weighted by Crippen LogP contribution is 2.27. The molecule has 0 aliphatic rings. The first-order valence-electron chi connectivity index (χ1n) is 14.6. The van der Waals surface area contributed by atoms with Crippen LogP contribution in [-0.2, 0) is 0 Å². The molecule has 0 aliphatic heterocycles.